The highest BCUT2D eigenvalue weighted by atomic mass is 35.5. The third-order valence-corrected chi connectivity index (χ3v) is 3.16. The minimum absolute atomic E-state index is 0.00496. The van der Waals surface area contributed by atoms with Crippen LogP contribution < -0.4 is 20.5 Å². The summed E-state index contributed by atoms with van der Waals surface area (Å²) in [5, 5.41) is 2.05. The largest absolute Gasteiger partial charge is 0.463 e. The highest BCUT2D eigenvalue weighted by molar-refractivity contribution is 6.32. The molecule has 0 aliphatic carbocycles. The number of anilines is 1. The molecule has 1 aromatic heterocycles. The van der Waals surface area contributed by atoms with Crippen LogP contribution in [0, 0.1) is 5.82 Å². The van der Waals surface area contributed by atoms with Crippen molar-refractivity contribution in [2.75, 3.05) is 18.5 Å². The summed E-state index contributed by atoms with van der Waals surface area (Å²) in [6, 6.07) is 4.24. The summed E-state index contributed by atoms with van der Waals surface area (Å²) in [5.74, 6) is -1.21. The predicted molar refractivity (Wildman–Crippen MR) is 91.1 cm³/mol. The van der Waals surface area contributed by atoms with E-state index in [1.807, 2.05) is 0 Å². The summed E-state index contributed by atoms with van der Waals surface area (Å²) in [5.41, 5.74) is 4.77. The molecule has 1 aromatic carbocycles. The lowest BCUT2D eigenvalue weighted by Gasteiger charge is -2.13. The van der Waals surface area contributed by atoms with Crippen LogP contribution >= 0.6 is 11.6 Å². The molecule has 0 spiro atoms. The number of carbonyl (C=O) groups excluding carboxylic acids is 2. The monoisotopic (exact) mass is 383 g/mol. The smallest absolute Gasteiger partial charge is 0.344 e. The summed E-state index contributed by atoms with van der Waals surface area (Å²) < 4.78 is 29.4. The van der Waals surface area contributed by atoms with Crippen LogP contribution in [-0.2, 0) is 9.53 Å². The van der Waals surface area contributed by atoms with E-state index < -0.39 is 17.8 Å². The molecule has 1 heterocycles. The van der Waals surface area contributed by atoms with E-state index in [0.29, 0.717) is 0 Å². The summed E-state index contributed by atoms with van der Waals surface area (Å²) in [7, 11) is 0. The number of hydrogen-bond donors (Lipinski definition) is 2. The van der Waals surface area contributed by atoms with Gasteiger partial charge in [-0.2, -0.15) is 0 Å². The van der Waals surface area contributed by atoms with Crippen molar-refractivity contribution in [3.8, 4) is 17.4 Å². The number of nitrogens with two attached hydrogens (primary N) is 1. The maximum atomic E-state index is 13.8. The van der Waals surface area contributed by atoms with Crippen LogP contribution in [0.15, 0.2) is 30.5 Å². The third-order valence-electron chi connectivity index (χ3n) is 2.87. The van der Waals surface area contributed by atoms with Gasteiger partial charge in [0.25, 0.3) is 5.88 Å². The molecule has 26 heavy (non-hydrogen) atoms. The molecule has 0 bridgehead atoms. The maximum Gasteiger partial charge on any atom is 0.344 e. The Kier molecular flexibility index (Phi) is 6.56. The van der Waals surface area contributed by atoms with Gasteiger partial charge >= 0.3 is 12.0 Å². The van der Waals surface area contributed by atoms with Gasteiger partial charge in [0.15, 0.2) is 12.4 Å². The zero-order valence-electron chi connectivity index (χ0n) is 13.6. The lowest BCUT2D eigenvalue weighted by atomic mass is 10.3. The normalized spacial score (nSPS) is 10.1. The standard InChI is InChI=1S/C16H15ClFN3O5/c1-2-24-14(22)8-25-15-12(4-3-5-20-15)26-13-7-11(21-16(19)23)10(18)6-9(13)17/h3-7H,2,8H2,1H3,(H3,19,21,23). The van der Waals surface area contributed by atoms with Crippen molar-refractivity contribution in [1.82, 2.24) is 4.98 Å². The molecule has 0 saturated carbocycles. The fourth-order valence-corrected chi connectivity index (χ4v) is 2.04. The van der Waals surface area contributed by atoms with Gasteiger partial charge in [-0.3, -0.25) is 0 Å². The minimum Gasteiger partial charge on any atom is -0.463 e. The lowest BCUT2D eigenvalue weighted by Crippen LogP contribution is -2.20. The van der Waals surface area contributed by atoms with Gasteiger partial charge in [-0.1, -0.05) is 11.6 Å². The van der Waals surface area contributed by atoms with Crippen LogP contribution in [0.4, 0.5) is 14.9 Å². The number of hydrogen-bond acceptors (Lipinski definition) is 6. The highest BCUT2D eigenvalue weighted by Crippen LogP contribution is 2.36. The van der Waals surface area contributed by atoms with Crippen molar-refractivity contribution in [2.45, 2.75) is 6.92 Å². The molecule has 0 aliphatic rings. The summed E-state index contributed by atoms with van der Waals surface area (Å²) in [4.78, 5) is 26.3. The van der Waals surface area contributed by atoms with Crippen molar-refractivity contribution in [3.05, 3.63) is 41.3 Å². The van der Waals surface area contributed by atoms with Crippen molar-refractivity contribution in [2.24, 2.45) is 5.73 Å². The molecule has 0 saturated heterocycles. The molecule has 2 aromatic rings. The van der Waals surface area contributed by atoms with E-state index in [1.165, 1.54) is 12.3 Å². The van der Waals surface area contributed by atoms with E-state index >= 15 is 0 Å². The number of rotatable bonds is 7. The topological polar surface area (TPSA) is 113 Å². The maximum absolute atomic E-state index is 13.8. The van der Waals surface area contributed by atoms with Crippen molar-refractivity contribution in [3.63, 3.8) is 0 Å². The van der Waals surface area contributed by atoms with Crippen LogP contribution in [0.1, 0.15) is 6.92 Å². The van der Waals surface area contributed by atoms with Crippen molar-refractivity contribution in [1.29, 1.82) is 0 Å². The van der Waals surface area contributed by atoms with E-state index in [2.05, 4.69) is 10.3 Å². The number of esters is 1. The second-order valence-corrected chi connectivity index (χ2v) is 5.16. The molecule has 8 nitrogen and oxygen atoms in total. The molecule has 3 N–H and O–H groups in total. The van der Waals surface area contributed by atoms with Crippen LogP contribution in [0.5, 0.6) is 17.4 Å². The van der Waals surface area contributed by atoms with Gasteiger partial charge in [-0.25, -0.2) is 19.0 Å². The number of halogens is 2. The number of primary amides is 1. The average molecular weight is 384 g/mol. The first-order valence-corrected chi connectivity index (χ1v) is 7.75. The molecular formula is C16H15ClFN3O5. The molecule has 0 fully saturated rings. The number of benzene rings is 1. The second-order valence-electron chi connectivity index (χ2n) is 4.75. The van der Waals surface area contributed by atoms with E-state index in [4.69, 9.17) is 31.5 Å². The predicted octanol–water partition coefficient (Wildman–Crippen LogP) is 3.10. The van der Waals surface area contributed by atoms with E-state index in [9.17, 15) is 14.0 Å². The van der Waals surface area contributed by atoms with Gasteiger partial charge < -0.3 is 25.3 Å². The number of carbonyl (C=O) groups is 2. The average Bonchev–Trinajstić information content (AvgIpc) is 2.58. The molecule has 0 unspecified atom stereocenters. The molecule has 2 amide bonds. The molecule has 0 aliphatic heterocycles. The zero-order valence-corrected chi connectivity index (χ0v) is 14.4. The molecule has 138 valence electrons. The van der Waals surface area contributed by atoms with Crippen LogP contribution in [0.2, 0.25) is 5.02 Å². The second kappa shape index (κ2) is 8.86. The Morgan fingerprint density at radius 1 is 1.35 bits per heavy atom. The molecule has 2 rings (SSSR count). The van der Waals surface area contributed by atoms with Crippen molar-refractivity contribution >= 4 is 29.3 Å². The molecular weight excluding hydrogens is 369 g/mol. The number of pyridine rings is 1. The number of urea groups is 1. The van der Waals surface area contributed by atoms with Crippen LogP contribution in [0.3, 0.4) is 0 Å². The summed E-state index contributed by atoms with van der Waals surface area (Å²) >= 11 is 5.96. The summed E-state index contributed by atoms with van der Waals surface area (Å²) in [6.45, 7) is 1.52. The number of amides is 2. The van der Waals surface area contributed by atoms with Gasteiger partial charge in [0, 0.05) is 12.3 Å². The number of ether oxygens (including phenoxy) is 3. The van der Waals surface area contributed by atoms with Crippen molar-refractivity contribution < 1.29 is 28.2 Å². The Balaban J connectivity index is 2.23. The Morgan fingerprint density at radius 3 is 2.81 bits per heavy atom. The van der Waals surface area contributed by atoms with Gasteiger partial charge in [0.2, 0.25) is 0 Å². The highest BCUT2D eigenvalue weighted by Gasteiger charge is 2.15. The van der Waals surface area contributed by atoms with Gasteiger partial charge in [0.05, 0.1) is 17.3 Å². The minimum atomic E-state index is -0.947. The van der Waals surface area contributed by atoms with Gasteiger partial charge in [0.1, 0.15) is 11.6 Å². The van der Waals surface area contributed by atoms with Gasteiger partial charge in [-0.15, -0.1) is 0 Å². The summed E-state index contributed by atoms with van der Waals surface area (Å²) in [6.07, 6.45) is 1.43. The van der Waals surface area contributed by atoms with Crippen LogP contribution in [0.25, 0.3) is 0 Å². The fourth-order valence-electron chi connectivity index (χ4n) is 1.85. The SMILES string of the molecule is CCOC(=O)COc1ncccc1Oc1cc(NC(N)=O)c(F)cc1Cl. The molecule has 10 heteroatoms. The first-order valence-electron chi connectivity index (χ1n) is 7.37. The van der Waals surface area contributed by atoms with E-state index in [0.717, 1.165) is 12.1 Å². The quantitative estimate of drug-likeness (QED) is 0.710. The lowest BCUT2D eigenvalue weighted by molar-refractivity contribution is -0.145. The number of nitrogens with zero attached hydrogens (tertiary/aromatic N) is 1. The fraction of sp³-hybridized carbons (Fsp3) is 0.188. The zero-order chi connectivity index (χ0) is 19.1. The number of nitrogens with one attached hydrogen (secondary N) is 1. The van der Waals surface area contributed by atoms with Gasteiger partial charge in [-0.05, 0) is 25.1 Å². The first-order chi connectivity index (χ1) is 12.4. The molecule has 0 atom stereocenters. The Hall–Kier alpha value is -3.07. The first kappa shape index (κ1) is 19.3. The van der Waals surface area contributed by atoms with Crippen LogP contribution in [-0.4, -0.2) is 30.2 Å². The van der Waals surface area contributed by atoms with E-state index in [-0.39, 0.29) is 41.3 Å². The molecule has 0 radical (unpaired) electrons. The third kappa shape index (κ3) is 5.21. The number of aromatic nitrogens is 1. The van der Waals surface area contributed by atoms with E-state index in [1.54, 1.807) is 13.0 Å². The Labute approximate surface area is 153 Å². The Bertz CT molecular complexity index is 818. The Morgan fingerprint density at radius 2 is 2.12 bits per heavy atom.